The summed E-state index contributed by atoms with van der Waals surface area (Å²) in [7, 11) is 19.2. The summed E-state index contributed by atoms with van der Waals surface area (Å²) in [5.41, 5.74) is -3.59. The number of hydrogen-bond donors (Lipinski definition) is 1. The van der Waals surface area contributed by atoms with Crippen molar-refractivity contribution in [1.29, 1.82) is 0 Å². The Morgan fingerprint density at radius 2 is 0.569 bits per heavy atom. The summed E-state index contributed by atoms with van der Waals surface area (Å²) in [4.78, 5) is 97.8. The van der Waals surface area contributed by atoms with Crippen LogP contribution in [0.4, 0.5) is 0 Å². The first kappa shape index (κ1) is 46.4. The first-order chi connectivity index (χ1) is 31.1. The van der Waals surface area contributed by atoms with Crippen molar-refractivity contribution in [2.24, 2.45) is 4.30 Å². The van der Waals surface area contributed by atoms with E-state index in [2.05, 4.69) is 117 Å². The zero-order valence-corrected chi connectivity index (χ0v) is 40.6. The predicted molar refractivity (Wildman–Crippen MR) is 274 cm³/mol. The van der Waals surface area contributed by atoms with Crippen LogP contribution < -0.4 is 43.4 Å². The molecule has 0 aromatic heterocycles. The van der Waals surface area contributed by atoms with Gasteiger partial charge < -0.3 is 0 Å². The van der Waals surface area contributed by atoms with E-state index >= 15 is 0 Å². The van der Waals surface area contributed by atoms with Crippen molar-refractivity contribution < 1.29 is 13.0 Å². The first-order valence-electron chi connectivity index (χ1n) is 18.7. The number of halogens is 5. The molecule has 0 amide bonds. The van der Waals surface area contributed by atoms with Crippen molar-refractivity contribution in [3.05, 3.63) is 212 Å². The normalized spacial score (nSPS) is 11.4. The van der Waals surface area contributed by atoms with Crippen LogP contribution in [0.3, 0.4) is 0 Å². The first-order valence-corrected chi connectivity index (χ1v) is 27.4. The fraction of sp³-hybridized carbons (Fsp3) is 0. The maximum atomic E-state index is 12.3. The average Bonchev–Trinajstić information content (AvgIpc) is 3.29. The Balaban J connectivity index is 0.000000125. The van der Waals surface area contributed by atoms with E-state index in [9.17, 15) is 38.4 Å². The van der Waals surface area contributed by atoms with Crippen LogP contribution in [-0.2, 0) is 13.0 Å². The maximum absolute atomic E-state index is 12.3. The van der Waals surface area contributed by atoms with Gasteiger partial charge in [0, 0.05) is 74.3 Å². The third-order valence-electron chi connectivity index (χ3n) is 11.0. The van der Waals surface area contributed by atoms with Crippen LogP contribution in [-0.4, -0.2) is 7.64 Å². The monoisotopic (exact) mass is 1150 g/mol. The summed E-state index contributed by atoms with van der Waals surface area (Å²) < 4.78 is 3.65. The molecule has 8 aromatic rings. The molecule has 0 heterocycles. The Bertz CT molecular complexity index is 3720. The van der Waals surface area contributed by atoms with Gasteiger partial charge in [-0.15, -0.1) is 0 Å². The largest absolute Gasteiger partial charge is 0.0610 e. The van der Waals surface area contributed by atoms with Gasteiger partial charge in [0.25, 0.3) is 0 Å². The van der Waals surface area contributed by atoms with Crippen LogP contribution >= 0.6 is 73.7 Å². The summed E-state index contributed by atoms with van der Waals surface area (Å²) >= 11 is 7.87. The van der Waals surface area contributed by atoms with Crippen molar-refractivity contribution in [1.82, 2.24) is 0 Å². The Morgan fingerprint density at radius 3 is 0.800 bits per heavy atom. The Hall–Kier alpha value is -5.17. The minimum atomic E-state index is -1.75. The van der Waals surface area contributed by atoms with E-state index in [0.29, 0.717) is 31.2 Å². The second kappa shape index (κ2) is 18.6. The van der Waals surface area contributed by atoms with Crippen molar-refractivity contribution in [2.45, 2.75) is 0 Å². The van der Waals surface area contributed by atoms with Gasteiger partial charge in [0.15, 0.2) is 0 Å². The van der Waals surface area contributed by atoms with E-state index in [1.807, 2.05) is 0 Å². The fourth-order valence-corrected chi connectivity index (χ4v) is 9.43. The summed E-state index contributed by atoms with van der Waals surface area (Å²) in [6.45, 7) is 0. The minimum absolute atomic E-state index is 0.159. The smallest absolute Gasteiger partial charge is 0.00268 e. The van der Waals surface area contributed by atoms with E-state index < -0.39 is 56.4 Å². The minimum Gasteiger partial charge on any atom is -0.0610 e. The summed E-state index contributed by atoms with van der Waals surface area (Å²) in [5.74, 6) is 0. The zero-order chi connectivity index (χ0) is 46.6. The second-order valence-corrected chi connectivity index (χ2v) is 24.4. The van der Waals surface area contributed by atoms with Crippen molar-refractivity contribution in [3.8, 4) is 22.3 Å². The molecule has 0 aliphatic heterocycles. The predicted octanol–water partition coefficient (Wildman–Crippen LogP) is 10.1. The van der Waals surface area contributed by atoms with Gasteiger partial charge >= 0.3 is 66.8 Å². The molecule has 0 fully saturated rings. The van der Waals surface area contributed by atoms with Gasteiger partial charge in [0.2, 0.25) is 43.4 Å². The molecule has 0 spiro atoms. The van der Waals surface area contributed by atoms with Crippen LogP contribution in [0.1, 0.15) is 0 Å². The molecular weight excluding hydrogens is 1130 g/mol. The number of rotatable bonds is 0. The second-order valence-electron chi connectivity index (χ2n) is 14.4. The molecule has 8 aromatic carbocycles. The molecule has 4 aliphatic rings. The Morgan fingerprint density at radius 1 is 0.385 bits per heavy atom. The topological polar surface area (TPSA) is 149 Å². The molecule has 65 heavy (non-hydrogen) atoms. The van der Waals surface area contributed by atoms with E-state index in [1.54, 1.807) is 0 Å². The number of thiol groups is 1. The molecule has 318 valence electrons. The van der Waals surface area contributed by atoms with E-state index in [0.717, 1.165) is 0 Å². The molecule has 0 unspecified atom stereocenters. The molecular formula is C48H21BBr2Cl3NO8RuS. The van der Waals surface area contributed by atoms with Crippen molar-refractivity contribution >= 4 is 157 Å². The van der Waals surface area contributed by atoms with Crippen LogP contribution in [0, 0.1) is 0 Å². The summed E-state index contributed by atoms with van der Waals surface area (Å²) in [6, 6.07) is 37.0. The average molecular weight is 1150 g/mol. The zero-order valence-electron chi connectivity index (χ0n) is 32.5. The SMILES string of the molecule is O=c1c(=O)c2cc(Br)cc3c2-c2c1cc(Br)cc2c(=O)c3=O.O=c1c(=O)c2cccc3c2-c2c1cccc2c(=O)c3=O.[B]=NS.[Cl][Ru]([Cl])[Cl].c1cc2ccc3cccc4ccc(c1)c2c34. The molecule has 1 radical (unpaired) electrons. The molecule has 17 heteroatoms. The molecule has 0 saturated carbocycles. The van der Waals surface area contributed by atoms with Gasteiger partial charge in [-0.1, -0.05) is 129 Å². The third-order valence-corrected chi connectivity index (χ3v) is 11.9. The Labute approximate surface area is 404 Å². The summed E-state index contributed by atoms with van der Waals surface area (Å²) in [6.07, 6.45) is 0. The molecule has 0 atom stereocenters. The van der Waals surface area contributed by atoms with Crippen LogP contribution in [0.5, 0.6) is 0 Å². The van der Waals surface area contributed by atoms with Gasteiger partial charge in [-0.3, -0.25) is 38.4 Å². The quantitative estimate of drug-likeness (QED) is 0.0683. The third kappa shape index (κ3) is 8.13. The Kier molecular flexibility index (Phi) is 13.3. The van der Waals surface area contributed by atoms with Gasteiger partial charge in [-0.05, 0) is 56.6 Å². The molecule has 0 bridgehead atoms. The molecule has 9 nitrogen and oxygen atoms in total. The number of nitrogens with zero attached hydrogens (tertiary/aromatic N) is 1. The van der Waals surface area contributed by atoms with E-state index in [-0.39, 0.29) is 43.1 Å². The van der Waals surface area contributed by atoms with Crippen LogP contribution in [0.15, 0.2) is 173 Å². The molecule has 0 N–H and O–H groups in total. The number of hydrogen-bond acceptors (Lipinski definition) is 10. The van der Waals surface area contributed by atoms with Crippen LogP contribution in [0.25, 0.3) is 97.7 Å². The summed E-state index contributed by atoms with van der Waals surface area (Å²) in [5, 5.41) is 9.58. The van der Waals surface area contributed by atoms with Crippen molar-refractivity contribution in [2.75, 3.05) is 0 Å². The molecule has 12 rings (SSSR count). The van der Waals surface area contributed by atoms with Gasteiger partial charge in [0.1, 0.15) is 0 Å². The maximum Gasteiger partial charge on any atom is -0.00268 e. The van der Waals surface area contributed by atoms with E-state index in [1.165, 1.54) is 93.0 Å². The van der Waals surface area contributed by atoms with Gasteiger partial charge in [-0.25, -0.2) is 0 Å². The fourth-order valence-electron chi connectivity index (χ4n) is 8.52. The van der Waals surface area contributed by atoms with Crippen molar-refractivity contribution in [3.63, 3.8) is 0 Å². The molecule has 0 saturated heterocycles. The van der Waals surface area contributed by atoms with Crippen LogP contribution in [0.2, 0.25) is 0 Å². The standard InChI is InChI=1S/C16H4Br2O4.C16H6O4.C16H10.BHNS.3ClH.Ru/c17-5-1-7-11-8(2-5)15(21)16(22)10-4-6(18)3-9(12(10)11)14(20)13(7)19;17-13-7-3-1-4-8-11(7)12-9(15(13)19)5-2-6-10(12)16(20)14(8)18;1-3-11-7-9-13-5-2-6-14-10-8-12(4-1)15(11)16(13)14;1-2-3;;;;/h1-4H;1-6H;1-10H;3H;3*1H;/q;;;;;;;+3/p-3. The number of benzene rings is 12. The van der Waals surface area contributed by atoms with Gasteiger partial charge in [-0.2, -0.15) is 0 Å². The van der Waals surface area contributed by atoms with Gasteiger partial charge in [0.05, 0.1) is 0 Å². The molecule has 4 aliphatic carbocycles. The van der Waals surface area contributed by atoms with E-state index in [4.69, 9.17) is 29.1 Å².